The Morgan fingerprint density at radius 2 is 1.64 bits per heavy atom. The molecular weight excluding hydrogens is 172 g/mol. The third-order valence-electron chi connectivity index (χ3n) is 2.46. The van der Waals surface area contributed by atoms with Crippen LogP contribution >= 0.6 is 0 Å². The van der Waals surface area contributed by atoms with Crippen LogP contribution in [0.4, 0.5) is 0 Å². The lowest BCUT2D eigenvalue weighted by Gasteiger charge is -2.28. The van der Waals surface area contributed by atoms with E-state index in [0.29, 0.717) is 12.0 Å². The summed E-state index contributed by atoms with van der Waals surface area (Å²) in [6.07, 6.45) is 0. The minimum Gasteiger partial charge on any atom is -0.313 e. The topological polar surface area (TPSA) is 15.3 Å². The summed E-state index contributed by atoms with van der Waals surface area (Å²) in [5.74, 6) is 1.47. The van der Waals surface area contributed by atoms with Crippen molar-refractivity contribution in [2.45, 2.75) is 40.7 Å². The third kappa shape index (κ3) is 6.39. The molecule has 2 nitrogen and oxygen atoms in total. The summed E-state index contributed by atoms with van der Waals surface area (Å²) in [6, 6.07) is 0.628. The lowest BCUT2D eigenvalue weighted by molar-refractivity contribution is 0.236. The van der Waals surface area contributed by atoms with Crippen molar-refractivity contribution < 1.29 is 0 Å². The monoisotopic (exact) mass is 200 g/mol. The summed E-state index contributed by atoms with van der Waals surface area (Å²) in [5.41, 5.74) is 0. The average molecular weight is 200 g/mol. The predicted molar refractivity (Wildman–Crippen MR) is 64.6 cm³/mol. The molecule has 0 aromatic heterocycles. The number of hydrogen-bond donors (Lipinski definition) is 1. The van der Waals surface area contributed by atoms with Crippen LogP contribution in [0.3, 0.4) is 0 Å². The maximum atomic E-state index is 3.54. The van der Waals surface area contributed by atoms with Gasteiger partial charge in [-0.15, -0.1) is 0 Å². The first-order valence-electron chi connectivity index (χ1n) is 5.89. The van der Waals surface area contributed by atoms with E-state index >= 15 is 0 Å². The molecule has 2 heteroatoms. The Balaban J connectivity index is 3.89. The van der Waals surface area contributed by atoms with Crippen molar-refractivity contribution in [3.8, 4) is 0 Å². The first-order valence-corrected chi connectivity index (χ1v) is 5.89. The number of nitrogens with zero attached hydrogens (tertiary/aromatic N) is 1. The van der Waals surface area contributed by atoms with Gasteiger partial charge in [-0.3, -0.25) is 0 Å². The maximum absolute atomic E-state index is 3.54. The minimum absolute atomic E-state index is 0.628. The molecule has 1 N–H and O–H groups in total. The number of nitrogens with one attached hydrogen (secondary N) is 1. The molecule has 0 aliphatic heterocycles. The van der Waals surface area contributed by atoms with Crippen LogP contribution in [-0.4, -0.2) is 37.6 Å². The summed E-state index contributed by atoms with van der Waals surface area (Å²) in [5, 5.41) is 3.54. The summed E-state index contributed by atoms with van der Waals surface area (Å²) in [7, 11) is 2.22. The van der Waals surface area contributed by atoms with Crippen LogP contribution in [0.15, 0.2) is 0 Å². The first kappa shape index (κ1) is 13.9. The van der Waals surface area contributed by atoms with Gasteiger partial charge in [0.25, 0.3) is 0 Å². The summed E-state index contributed by atoms with van der Waals surface area (Å²) >= 11 is 0. The molecule has 0 fully saturated rings. The molecule has 0 heterocycles. The van der Waals surface area contributed by atoms with E-state index in [9.17, 15) is 0 Å². The van der Waals surface area contributed by atoms with E-state index in [1.54, 1.807) is 0 Å². The largest absolute Gasteiger partial charge is 0.313 e. The Kier molecular flexibility index (Phi) is 7.20. The molecule has 86 valence electrons. The maximum Gasteiger partial charge on any atom is 0.0217 e. The highest BCUT2D eigenvalue weighted by atomic mass is 15.1. The van der Waals surface area contributed by atoms with Gasteiger partial charge in [-0.05, 0) is 25.4 Å². The predicted octanol–water partition coefficient (Wildman–Crippen LogP) is 2.21. The number of hydrogen-bond acceptors (Lipinski definition) is 2. The zero-order valence-electron chi connectivity index (χ0n) is 10.8. The molecule has 0 aromatic carbocycles. The molecule has 0 aliphatic carbocycles. The van der Waals surface area contributed by atoms with Gasteiger partial charge >= 0.3 is 0 Å². The van der Waals surface area contributed by atoms with E-state index in [2.05, 4.69) is 51.9 Å². The van der Waals surface area contributed by atoms with Gasteiger partial charge in [-0.1, -0.05) is 34.6 Å². The molecular formula is C12H28N2. The van der Waals surface area contributed by atoms with Crippen molar-refractivity contribution >= 4 is 0 Å². The molecule has 0 bridgehead atoms. The molecule has 0 saturated heterocycles. The molecule has 14 heavy (non-hydrogen) atoms. The summed E-state index contributed by atoms with van der Waals surface area (Å²) < 4.78 is 0. The van der Waals surface area contributed by atoms with Crippen LogP contribution in [0.5, 0.6) is 0 Å². The molecule has 1 atom stereocenters. The second-order valence-electron chi connectivity index (χ2n) is 5.02. The molecule has 0 radical (unpaired) electrons. The van der Waals surface area contributed by atoms with Gasteiger partial charge in [0.05, 0.1) is 0 Å². The Labute approximate surface area is 90.1 Å². The molecule has 0 spiro atoms. The highest BCUT2D eigenvalue weighted by Crippen LogP contribution is 2.04. The zero-order chi connectivity index (χ0) is 11.1. The quantitative estimate of drug-likeness (QED) is 0.678. The average Bonchev–Trinajstić information content (AvgIpc) is 2.01. The van der Waals surface area contributed by atoms with Crippen molar-refractivity contribution in [3.05, 3.63) is 0 Å². The van der Waals surface area contributed by atoms with Crippen molar-refractivity contribution in [1.82, 2.24) is 10.2 Å². The third-order valence-corrected chi connectivity index (χ3v) is 2.46. The van der Waals surface area contributed by atoms with E-state index in [1.165, 1.54) is 6.54 Å². The molecule has 0 aliphatic rings. The smallest absolute Gasteiger partial charge is 0.0217 e. The van der Waals surface area contributed by atoms with Gasteiger partial charge in [-0.25, -0.2) is 0 Å². The van der Waals surface area contributed by atoms with E-state index in [-0.39, 0.29) is 0 Å². The number of likely N-dealkylation sites (N-methyl/N-ethyl adjacent to an activating group) is 2. The second-order valence-corrected chi connectivity index (χ2v) is 5.02. The fourth-order valence-corrected chi connectivity index (χ4v) is 1.81. The summed E-state index contributed by atoms with van der Waals surface area (Å²) in [4.78, 5) is 2.43. The van der Waals surface area contributed by atoms with E-state index in [0.717, 1.165) is 19.0 Å². The van der Waals surface area contributed by atoms with Crippen molar-refractivity contribution in [3.63, 3.8) is 0 Å². The highest BCUT2D eigenvalue weighted by molar-refractivity contribution is 4.73. The van der Waals surface area contributed by atoms with Crippen molar-refractivity contribution in [1.29, 1.82) is 0 Å². The lowest BCUT2D eigenvalue weighted by atomic mass is 10.0. The van der Waals surface area contributed by atoms with Gasteiger partial charge in [-0.2, -0.15) is 0 Å². The van der Waals surface area contributed by atoms with Gasteiger partial charge < -0.3 is 10.2 Å². The van der Waals surface area contributed by atoms with Gasteiger partial charge in [0.2, 0.25) is 0 Å². The Morgan fingerprint density at radius 3 is 2.00 bits per heavy atom. The molecule has 0 rings (SSSR count). The molecule has 1 unspecified atom stereocenters. The molecule has 0 saturated carbocycles. The zero-order valence-corrected chi connectivity index (χ0v) is 10.8. The standard InChI is InChI=1S/C12H28N2/c1-7-13-12(11(4)5)9-14(6)8-10(2)3/h10-13H,7-9H2,1-6H3. The normalized spacial score (nSPS) is 14.4. The van der Waals surface area contributed by atoms with E-state index in [4.69, 9.17) is 0 Å². The Morgan fingerprint density at radius 1 is 1.07 bits per heavy atom. The van der Waals surface area contributed by atoms with Crippen LogP contribution in [0.1, 0.15) is 34.6 Å². The lowest BCUT2D eigenvalue weighted by Crippen LogP contribution is -2.43. The van der Waals surface area contributed by atoms with Crippen LogP contribution in [-0.2, 0) is 0 Å². The first-order chi connectivity index (χ1) is 6.47. The fourth-order valence-electron chi connectivity index (χ4n) is 1.81. The van der Waals surface area contributed by atoms with Gasteiger partial charge in [0.15, 0.2) is 0 Å². The molecule has 0 aromatic rings. The Hall–Kier alpha value is -0.0800. The molecule has 0 amide bonds. The van der Waals surface area contributed by atoms with Gasteiger partial charge in [0.1, 0.15) is 0 Å². The van der Waals surface area contributed by atoms with Crippen molar-refractivity contribution in [2.75, 3.05) is 26.7 Å². The fraction of sp³-hybridized carbons (Fsp3) is 1.00. The van der Waals surface area contributed by atoms with E-state index in [1.807, 2.05) is 0 Å². The van der Waals surface area contributed by atoms with E-state index < -0.39 is 0 Å². The van der Waals surface area contributed by atoms with Crippen LogP contribution in [0, 0.1) is 11.8 Å². The second kappa shape index (κ2) is 7.24. The highest BCUT2D eigenvalue weighted by Gasteiger charge is 2.14. The Bertz CT molecular complexity index is 132. The summed E-state index contributed by atoms with van der Waals surface area (Å²) in [6.45, 7) is 14.7. The van der Waals surface area contributed by atoms with Crippen LogP contribution < -0.4 is 5.32 Å². The van der Waals surface area contributed by atoms with Crippen LogP contribution in [0.25, 0.3) is 0 Å². The van der Waals surface area contributed by atoms with Crippen LogP contribution in [0.2, 0.25) is 0 Å². The minimum atomic E-state index is 0.628. The SMILES string of the molecule is CCNC(CN(C)CC(C)C)C(C)C. The van der Waals surface area contributed by atoms with Gasteiger partial charge in [0, 0.05) is 19.1 Å². The number of rotatable bonds is 7. The van der Waals surface area contributed by atoms with Crippen molar-refractivity contribution in [2.24, 2.45) is 11.8 Å².